The van der Waals surface area contributed by atoms with Crippen molar-refractivity contribution in [2.75, 3.05) is 5.32 Å². The highest BCUT2D eigenvalue weighted by Crippen LogP contribution is 2.33. The van der Waals surface area contributed by atoms with Gasteiger partial charge >= 0.3 is 0 Å². The van der Waals surface area contributed by atoms with Crippen LogP contribution >= 0.6 is 23.2 Å². The standard InChI is InChI=1S/C12H8Cl2N2O/c13-8-3-4-11(16-7-17)10(6-8)9-2-1-5-15-12(9)14/h1-7H,(H,16,17). The number of carbonyl (C=O) groups is 1. The molecule has 0 aliphatic heterocycles. The van der Waals surface area contributed by atoms with Gasteiger partial charge in [-0.3, -0.25) is 4.79 Å². The average Bonchev–Trinajstić information content (AvgIpc) is 2.32. The first-order valence-corrected chi connectivity index (χ1v) is 5.58. The fraction of sp³-hybridized carbons (Fsp3) is 0. The van der Waals surface area contributed by atoms with E-state index < -0.39 is 0 Å². The Morgan fingerprint density at radius 1 is 1.18 bits per heavy atom. The lowest BCUT2D eigenvalue weighted by atomic mass is 10.1. The zero-order valence-electron chi connectivity index (χ0n) is 8.65. The van der Waals surface area contributed by atoms with Crippen molar-refractivity contribution in [1.29, 1.82) is 0 Å². The highest BCUT2D eigenvalue weighted by Gasteiger charge is 2.09. The molecule has 2 aromatic rings. The molecular weight excluding hydrogens is 259 g/mol. The van der Waals surface area contributed by atoms with Crippen LogP contribution in [0.1, 0.15) is 0 Å². The number of rotatable bonds is 3. The van der Waals surface area contributed by atoms with Crippen LogP contribution in [0, 0.1) is 0 Å². The number of anilines is 1. The third-order valence-corrected chi connectivity index (χ3v) is 2.78. The van der Waals surface area contributed by atoms with Gasteiger partial charge in [0.25, 0.3) is 0 Å². The quantitative estimate of drug-likeness (QED) is 0.681. The van der Waals surface area contributed by atoms with Gasteiger partial charge in [-0.25, -0.2) is 4.98 Å². The summed E-state index contributed by atoms with van der Waals surface area (Å²) in [5.74, 6) is 0. The lowest BCUT2D eigenvalue weighted by molar-refractivity contribution is -0.105. The van der Waals surface area contributed by atoms with Crippen molar-refractivity contribution in [2.45, 2.75) is 0 Å². The number of benzene rings is 1. The fourth-order valence-electron chi connectivity index (χ4n) is 1.52. The molecule has 0 saturated carbocycles. The Kier molecular flexibility index (Phi) is 3.61. The van der Waals surface area contributed by atoms with Crippen LogP contribution in [0.15, 0.2) is 36.5 Å². The summed E-state index contributed by atoms with van der Waals surface area (Å²) in [5.41, 5.74) is 2.10. The molecule has 1 aromatic heterocycles. The van der Waals surface area contributed by atoms with Gasteiger partial charge < -0.3 is 5.32 Å². The van der Waals surface area contributed by atoms with Crippen LogP contribution in [0.25, 0.3) is 11.1 Å². The monoisotopic (exact) mass is 266 g/mol. The average molecular weight is 267 g/mol. The second kappa shape index (κ2) is 5.17. The van der Waals surface area contributed by atoms with Crippen LogP contribution in [0.3, 0.4) is 0 Å². The summed E-state index contributed by atoms with van der Waals surface area (Å²) in [6.45, 7) is 0. The van der Waals surface area contributed by atoms with E-state index in [0.29, 0.717) is 22.3 Å². The van der Waals surface area contributed by atoms with Crippen molar-refractivity contribution in [1.82, 2.24) is 4.98 Å². The number of carbonyl (C=O) groups excluding carboxylic acids is 1. The van der Waals surface area contributed by atoms with Crippen molar-refractivity contribution in [3.63, 3.8) is 0 Å². The first-order valence-electron chi connectivity index (χ1n) is 4.83. The van der Waals surface area contributed by atoms with Crippen molar-refractivity contribution in [3.8, 4) is 11.1 Å². The third-order valence-electron chi connectivity index (χ3n) is 2.25. The molecule has 0 aliphatic rings. The van der Waals surface area contributed by atoms with Gasteiger partial charge in [0, 0.05) is 28.0 Å². The number of hydrogen-bond donors (Lipinski definition) is 1. The first-order chi connectivity index (χ1) is 8.22. The summed E-state index contributed by atoms with van der Waals surface area (Å²) in [6.07, 6.45) is 2.21. The molecular formula is C12H8Cl2N2O. The Balaban J connectivity index is 2.61. The maximum absolute atomic E-state index is 10.5. The van der Waals surface area contributed by atoms with Gasteiger partial charge in [-0.2, -0.15) is 0 Å². The van der Waals surface area contributed by atoms with Crippen LogP contribution in [-0.4, -0.2) is 11.4 Å². The normalized spacial score (nSPS) is 10.0. The predicted molar refractivity (Wildman–Crippen MR) is 69.4 cm³/mol. The second-order valence-corrected chi connectivity index (χ2v) is 4.09. The summed E-state index contributed by atoms with van der Waals surface area (Å²) in [4.78, 5) is 14.5. The molecule has 0 atom stereocenters. The number of amides is 1. The molecule has 5 heteroatoms. The molecule has 1 N–H and O–H groups in total. The van der Waals surface area contributed by atoms with Crippen LogP contribution < -0.4 is 5.32 Å². The molecule has 1 aromatic carbocycles. The summed E-state index contributed by atoms with van der Waals surface area (Å²) < 4.78 is 0. The number of halogens is 2. The Morgan fingerprint density at radius 2 is 2.00 bits per heavy atom. The van der Waals surface area contributed by atoms with Gasteiger partial charge in [0.2, 0.25) is 6.41 Å². The van der Waals surface area contributed by atoms with Crippen LogP contribution in [0.4, 0.5) is 5.69 Å². The van der Waals surface area contributed by atoms with E-state index in [4.69, 9.17) is 23.2 Å². The van der Waals surface area contributed by atoms with E-state index in [1.165, 1.54) is 0 Å². The number of pyridine rings is 1. The second-order valence-electron chi connectivity index (χ2n) is 3.29. The molecule has 2 rings (SSSR count). The van der Waals surface area contributed by atoms with E-state index in [-0.39, 0.29) is 0 Å². The molecule has 0 aliphatic carbocycles. The van der Waals surface area contributed by atoms with Gasteiger partial charge in [-0.05, 0) is 30.3 Å². The van der Waals surface area contributed by atoms with Crippen molar-refractivity contribution >= 4 is 35.3 Å². The Labute approximate surface area is 108 Å². The zero-order valence-corrected chi connectivity index (χ0v) is 10.2. The molecule has 1 amide bonds. The fourth-order valence-corrected chi connectivity index (χ4v) is 1.91. The largest absolute Gasteiger partial charge is 0.328 e. The number of aromatic nitrogens is 1. The Bertz CT molecular complexity index is 558. The molecule has 0 radical (unpaired) electrons. The molecule has 17 heavy (non-hydrogen) atoms. The molecule has 0 unspecified atom stereocenters. The third kappa shape index (κ3) is 2.57. The maximum Gasteiger partial charge on any atom is 0.211 e. The molecule has 3 nitrogen and oxygen atoms in total. The molecule has 0 fully saturated rings. The highest BCUT2D eigenvalue weighted by atomic mass is 35.5. The van der Waals surface area contributed by atoms with Gasteiger partial charge in [-0.15, -0.1) is 0 Å². The smallest absolute Gasteiger partial charge is 0.211 e. The van der Waals surface area contributed by atoms with Crippen LogP contribution in [0.5, 0.6) is 0 Å². The maximum atomic E-state index is 10.5. The van der Waals surface area contributed by atoms with E-state index in [1.807, 2.05) is 6.07 Å². The van der Waals surface area contributed by atoms with Gasteiger partial charge in [0.05, 0.1) is 0 Å². The molecule has 86 valence electrons. The van der Waals surface area contributed by atoms with Gasteiger partial charge in [-0.1, -0.05) is 23.2 Å². The summed E-state index contributed by atoms with van der Waals surface area (Å²) >= 11 is 12.0. The van der Waals surface area contributed by atoms with Gasteiger partial charge in [0.1, 0.15) is 5.15 Å². The molecule has 0 spiro atoms. The van der Waals surface area contributed by atoms with Crippen molar-refractivity contribution in [3.05, 3.63) is 46.7 Å². The summed E-state index contributed by atoms with van der Waals surface area (Å²) in [7, 11) is 0. The minimum absolute atomic E-state index is 0.365. The predicted octanol–water partition coefficient (Wildman–Crippen LogP) is 3.62. The summed E-state index contributed by atoms with van der Waals surface area (Å²) in [5, 5.41) is 3.53. The Morgan fingerprint density at radius 3 is 2.71 bits per heavy atom. The van der Waals surface area contributed by atoms with Crippen molar-refractivity contribution in [2.24, 2.45) is 0 Å². The van der Waals surface area contributed by atoms with Gasteiger partial charge in [0.15, 0.2) is 0 Å². The van der Waals surface area contributed by atoms with E-state index in [9.17, 15) is 4.79 Å². The molecule has 1 heterocycles. The first kappa shape index (κ1) is 11.9. The SMILES string of the molecule is O=CNc1ccc(Cl)cc1-c1cccnc1Cl. The minimum Gasteiger partial charge on any atom is -0.328 e. The van der Waals surface area contributed by atoms with Crippen LogP contribution in [0.2, 0.25) is 10.2 Å². The molecule has 0 saturated heterocycles. The summed E-state index contributed by atoms with van der Waals surface area (Å²) in [6, 6.07) is 8.73. The van der Waals surface area contributed by atoms with Crippen LogP contribution in [-0.2, 0) is 4.79 Å². The topological polar surface area (TPSA) is 42.0 Å². The number of nitrogens with zero attached hydrogens (tertiary/aromatic N) is 1. The van der Waals surface area contributed by atoms with E-state index in [1.54, 1.807) is 30.5 Å². The van der Waals surface area contributed by atoms with E-state index >= 15 is 0 Å². The lowest BCUT2D eigenvalue weighted by Crippen LogP contribution is -1.96. The van der Waals surface area contributed by atoms with E-state index in [0.717, 1.165) is 11.1 Å². The number of hydrogen-bond acceptors (Lipinski definition) is 2. The lowest BCUT2D eigenvalue weighted by Gasteiger charge is -2.09. The molecule has 0 bridgehead atoms. The minimum atomic E-state index is 0.365. The van der Waals surface area contributed by atoms with E-state index in [2.05, 4.69) is 10.3 Å². The number of nitrogens with one attached hydrogen (secondary N) is 1. The zero-order chi connectivity index (χ0) is 12.3. The van der Waals surface area contributed by atoms with Crippen molar-refractivity contribution < 1.29 is 4.79 Å². The highest BCUT2D eigenvalue weighted by molar-refractivity contribution is 6.33. The Hall–Kier alpha value is -1.58.